The molecule has 12 heteroatoms. The summed E-state index contributed by atoms with van der Waals surface area (Å²) in [4.78, 5) is 45.3. The van der Waals surface area contributed by atoms with Gasteiger partial charge in [-0.1, -0.05) is 6.07 Å². The van der Waals surface area contributed by atoms with Gasteiger partial charge in [-0.25, -0.2) is 13.8 Å². The number of fused-ring (bicyclic) bond motifs is 1. The van der Waals surface area contributed by atoms with Crippen molar-refractivity contribution in [1.29, 1.82) is 0 Å². The second-order valence-corrected chi connectivity index (χ2v) is 8.59. The van der Waals surface area contributed by atoms with Crippen molar-refractivity contribution in [2.75, 3.05) is 33.4 Å². The Balaban J connectivity index is 1.46. The molecule has 0 saturated carbocycles. The summed E-state index contributed by atoms with van der Waals surface area (Å²) in [6.07, 6.45) is 0.486. The predicted octanol–water partition coefficient (Wildman–Crippen LogP) is 1.73. The lowest BCUT2D eigenvalue weighted by Crippen LogP contribution is -2.52. The van der Waals surface area contributed by atoms with Gasteiger partial charge in [-0.05, 0) is 36.2 Å². The van der Waals surface area contributed by atoms with Crippen LogP contribution in [-0.2, 0) is 11.3 Å². The van der Waals surface area contributed by atoms with Crippen molar-refractivity contribution in [2.24, 2.45) is 0 Å². The van der Waals surface area contributed by atoms with Gasteiger partial charge in [0.1, 0.15) is 5.39 Å². The average molecular weight is 516 g/mol. The standard InChI is InChI=1S/C25H27F2N5O5/c1-14(33)32-9-8-28-16(13-32)7-10-37-22-18(27)5-6-19-21(22)24(34)31-23(30-19)25(35)29-12-15-3-4-17(26)20(11-15)36-2/h3-6,11,16,28H,7-10,12-13H2,1-2H3,(H,29,35)(H,30,31,34). The Hall–Kier alpha value is -4.06. The molecule has 1 aliphatic heterocycles. The van der Waals surface area contributed by atoms with E-state index < -0.39 is 23.1 Å². The van der Waals surface area contributed by atoms with Crippen LogP contribution in [0.1, 0.15) is 29.5 Å². The van der Waals surface area contributed by atoms with Gasteiger partial charge in [0.2, 0.25) is 5.91 Å². The molecule has 37 heavy (non-hydrogen) atoms. The summed E-state index contributed by atoms with van der Waals surface area (Å²) < 4.78 is 38.8. The molecule has 1 aliphatic rings. The Kier molecular flexibility index (Phi) is 7.97. The number of carbonyl (C=O) groups is 2. The van der Waals surface area contributed by atoms with Crippen LogP contribution < -0.4 is 25.7 Å². The van der Waals surface area contributed by atoms with Gasteiger partial charge < -0.3 is 30.0 Å². The maximum absolute atomic E-state index is 14.6. The van der Waals surface area contributed by atoms with Gasteiger partial charge in [0.15, 0.2) is 29.0 Å². The van der Waals surface area contributed by atoms with E-state index in [-0.39, 0.29) is 53.3 Å². The average Bonchev–Trinajstić information content (AvgIpc) is 2.89. The first-order chi connectivity index (χ1) is 17.8. The topological polar surface area (TPSA) is 126 Å². The van der Waals surface area contributed by atoms with E-state index in [1.54, 1.807) is 4.90 Å². The molecule has 1 saturated heterocycles. The quantitative estimate of drug-likeness (QED) is 0.417. The smallest absolute Gasteiger partial charge is 0.287 e. The van der Waals surface area contributed by atoms with E-state index in [9.17, 15) is 23.2 Å². The van der Waals surface area contributed by atoms with Gasteiger partial charge in [0, 0.05) is 39.1 Å². The Morgan fingerprint density at radius 1 is 1.22 bits per heavy atom. The molecule has 3 aromatic rings. The number of piperazine rings is 1. The van der Waals surface area contributed by atoms with Crippen LogP contribution >= 0.6 is 0 Å². The first-order valence-corrected chi connectivity index (χ1v) is 11.7. The number of rotatable bonds is 8. The van der Waals surface area contributed by atoms with E-state index in [2.05, 4.69) is 20.6 Å². The summed E-state index contributed by atoms with van der Waals surface area (Å²) in [5.74, 6) is -2.43. The summed E-state index contributed by atoms with van der Waals surface area (Å²) in [7, 11) is 1.33. The molecule has 0 aliphatic carbocycles. The molecule has 2 heterocycles. The van der Waals surface area contributed by atoms with Crippen molar-refractivity contribution in [3.63, 3.8) is 0 Å². The SMILES string of the molecule is COc1cc(CNC(=O)c2nc3ccc(F)c(OCCC4CN(C(C)=O)CCN4)c3c(=O)[nH]2)ccc1F. The molecule has 1 aromatic heterocycles. The van der Waals surface area contributed by atoms with E-state index in [4.69, 9.17) is 9.47 Å². The van der Waals surface area contributed by atoms with Crippen LogP contribution in [0.15, 0.2) is 35.1 Å². The maximum atomic E-state index is 14.6. The number of H-pyrrole nitrogens is 1. The van der Waals surface area contributed by atoms with Crippen LogP contribution in [0.25, 0.3) is 10.9 Å². The van der Waals surface area contributed by atoms with E-state index in [0.717, 1.165) is 6.07 Å². The van der Waals surface area contributed by atoms with E-state index >= 15 is 0 Å². The summed E-state index contributed by atoms with van der Waals surface area (Å²) >= 11 is 0. The molecule has 1 unspecified atom stereocenters. The number of carbonyl (C=O) groups excluding carboxylic acids is 2. The summed E-state index contributed by atoms with van der Waals surface area (Å²) in [6.45, 7) is 3.43. The van der Waals surface area contributed by atoms with Crippen molar-refractivity contribution in [3.05, 3.63) is 63.7 Å². The molecule has 10 nitrogen and oxygen atoms in total. The lowest BCUT2D eigenvalue weighted by Gasteiger charge is -2.33. The number of halogens is 2. The fourth-order valence-corrected chi connectivity index (χ4v) is 4.11. The number of nitrogens with zero attached hydrogens (tertiary/aromatic N) is 2. The Bertz CT molecular complexity index is 1380. The molecule has 3 N–H and O–H groups in total. The lowest BCUT2D eigenvalue weighted by molar-refractivity contribution is -0.130. The zero-order valence-corrected chi connectivity index (χ0v) is 20.4. The van der Waals surface area contributed by atoms with Crippen LogP contribution in [0.5, 0.6) is 11.5 Å². The van der Waals surface area contributed by atoms with Crippen molar-refractivity contribution in [1.82, 2.24) is 25.5 Å². The number of benzene rings is 2. The van der Waals surface area contributed by atoms with E-state index in [1.165, 1.54) is 38.3 Å². The number of hydrogen-bond donors (Lipinski definition) is 3. The van der Waals surface area contributed by atoms with Gasteiger partial charge in [-0.3, -0.25) is 14.4 Å². The van der Waals surface area contributed by atoms with E-state index in [0.29, 0.717) is 31.6 Å². The first-order valence-electron chi connectivity index (χ1n) is 11.7. The summed E-state index contributed by atoms with van der Waals surface area (Å²) in [5, 5.41) is 5.78. The van der Waals surface area contributed by atoms with Crippen LogP contribution in [0.2, 0.25) is 0 Å². The number of ether oxygens (including phenoxy) is 2. The molecule has 1 fully saturated rings. The minimum Gasteiger partial charge on any atom is -0.494 e. The second-order valence-electron chi connectivity index (χ2n) is 8.59. The Labute approximate surface area is 211 Å². The molecule has 0 bridgehead atoms. The fourth-order valence-electron chi connectivity index (χ4n) is 4.11. The zero-order valence-electron chi connectivity index (χ0n) is 20.4. The molecule has 196 valence electrons. The number of nitrogens with one attached hydrogen (secondary N) is 3. The molecular weight excluding hydrogens is 488 g/mol. The second kappa shape index (κ2) is 11.3. The van der Waals surface area contributed by atoms with Gasteiger partial charge >= 0.3 is 0 Å². The van der Waals surface area contributed by atoms with E-state index in [1.807, 2.05) is 0 Å². The summed E-state index contributed by atoms with van der Waals surface area (Å²) in [6, 6.07) is 6.54. The van der Waals surface area contributed by atoms with Crippen LogP contribution in [0, 0.1) is 11.6 Å². The molecule has 1 atom stereocenters. The highest BCUT2D eigenvalue weighted by Gasteiger charge is 2.22. The molecule has 2 amide bonds. The summed E-state index contributed by atoms with van der Waals surface area (Å²) in [5.41, 5.74) is -0.0645. The number of aromatic nitrogens is 2. The highest BCUT2D eigenvalue weighted by molar-refractivity contribution is 5.93. The van der Waals surface area contributed by atoms with Gasteiger partial charge in [0.05, 0.1) is 19.2 Å². The number of methoxy groups -OCH3 is 1. The molecule has 0 radical (unpaired) electrons. The van der Waals surface area contributed by atoms with Gasteiger partial charge in [-0.2, -0.15) is 0 Å². The normalized spacial score (nSPS) is 15.5. The number of amides is 2. The van der Waals surface area contributed by atoms with Crippen molar-refractivity contribution in [3.8, 4) is 11.5 Å². The monoisotopic (exact) mass is 515 g/mol. The Morgan fingerprint density at radius 3 is 2.76 bits per heavy atom. The van der Waals surface area contributed by atoms with Crippen molar-refractivity contribution >= 4 is 22.7 Å². The van der Waals surface area contributed by atoms with Gasteiger partial charge in [-0.15, -0.1) is 0 Å². The van der Waals surface area contributed by atoms with Gasteiger partial charge in [0.25, 0.3) is 11.5 Å². The molecule has 4 rings (SSSR count). The molecule has 0 spiro atoms. The Morgan fingerprint density at radius 2 is 2.00 bits per heavy atom. The number of aromatic amines is 1. The minimum absolute atomic E-state index is 0.0117. The van der Waals surface area contributed by atoms with Crippen LogP contribution in [-0.4, -0.2) is 66.1 Å². The molecular formula is C25H27F2N5O5. The molecule has 2 aromatic carbocycles. The lowest BCUT2D eigenvalue weighted by atomic mass is 10.1. The highest BCUT2D eigenvalue weighted by Crippen LogP contribution is 2.25. The third-order valence-electron chi connectivity index (χ3n) is 6.08. The predicted molar refractivity (Wildman–Crippen MR) is 131 cm³/mol. The maximum Gasteiger partial charge on any atom is 0.287 e. The first kappa shape index (κ1) is 26.0. The van der Waals surface area contributed by atoms with Crippen LogP contribution in [0.4, 0.5) is 8.78 Å². The highest BCUT2D eigenvalue weighted by atomic mass is 19.1. The van der Waals surface area contributed by atoms with Crippen LogP contribution in [0.3, 0.4) is 0 Å². The minimum atomic E-state index is -0.732. The largest absolute Gasteiger partial charge is 0.494 e. The third kappa shape index (κ3) is 6.02. The number of hydrogen-bond acceptors (Lipinski definition) is 7. The van der Waals surface area contributed by atoms with Crippen molar-refractivity contribution in [2.45, 2.75) is 25.9 Å². The van der Waals surface area contributed by atoms with Crippen molar-refractivity contribution < 1.29 is 27.8 Å². The zero-order chi connectivity index (χ0) is 26.5. The fraction of sp³-hybridized carbons (Fsp3) is 0.360. The third-order valence-corrected chi connectivity index (χ3v) is 6.08.